The molecule has 1 saturated carbocycles. The lowest BCUT2D eigenvalue weighted by molar-refractivity contribution is 0.0935. The molecule has 0 aromatic carbocycles. The Bertz CT molecular complexity index is 903. The number of pyridine rings is 1. The average molecular weight is 323 g/mol. The first kappa shape index (κ1) is 14.9. The van der Waals surface area contributed by atoms with E-state index in [2.05, 4.69) is 33.2 Å². The maximum Gasteiger partial charge on any atom is 0.269 e. The highest BCUT2D eigenvalue weighted by Gasteiger charge is 2.43. The van der Waals surface area contributed by atoms with Gasteiger partial charge in [-0.15, -0.1) is 0 Å². The van der Waals surface area contributed by atoms with Crippen molar-refractivity contribution in [2.75, 3.05) is 6.54 Å². The van der Waals surface area contributed by atoms with Crippen LogP contribution in [0.1, 0.15) is 34.7 Å². The smallest absolute Gasteiger partial charge is 0.269 e. The van der Waals surface area contributed by atoms with Crippen molar-refractivity contribution in [3.63, 3.8) is 0 Å². The third-order valence-electron chi connectivity index (χ3n) is 4.82. The van der Waals surface area contributed by atoms with E-state index < -0.39 is 0 Å². The van der Waals surface area contributed by atoms with E-state index in [0.717, 1.165) is 30.6 Å². The molecule has 3 heterocycles. The lowest BCUT2D eigenvalue weighted by atomic mass is 10.1. The summed E-state index contributed by atoms with van der Waals surface area (Å²) in [6.45, 7) is 5.61. The van der Waals surface area contributed by atoms with Crippen molar-refractivity contribution < 1.29 is 4.79 Å². The molecule has 0 atom stereocenters. The van der Waals surface area contributed by atoms with Gasteiger partial charge in [0.1, 0.15) is 5.69 Å². The van der Waals surface area contributed by atoms with Gasteiger partial charge in [-0.1, -0.05) is 6.07 Å². The third kappa shape index (κ3) is 2.68. The summed E-state index contributed by atoms with van der Waals surface area (Å²) in [7, 11) is 0. The Morgan fingerprint density at radius 3 is 2.83 bits per heavy atom. The number of hydrogen-bond donors (Lipinski definition) is 1. The molecular formula is C18H21N5O. The first-order chi connectivity index (χ1) is 11.6. The highest BCUT2D eigenvalue weighted by molar-refractivity contribution is 5.93. The second kappa shape index (κ2) is 5.47. The van der Waals surface area contributed by atoms with Crippen LogP contribution in [0.3, 0.4) is 0 Å². The molecule has 3 aromatic heterocycles. The molecule has 24 heavy (non-hydrogen) atoms. The van der Waals surface area contributed by atoms with Gasteiger partial charge in [0, 0.05) is 24.2 Å². The van der Waals surface area contributed by atoms with E-state index >= 15 is 0 Å². The molecule has 0 unspecified atom stereocenters. The fraction of sp³-hybridized carbons (Fsp3) is 0.389. The number of carbonyl (C=O) groups is 1. The van der Waals surface area contributed by atoms with Crippen LogP contribution in [0.25, 0.3) is 5.52 Å². The van der Waals surface area contributed by atoms with E-state index in [1.807, 2.05) is 25.1 Å². The van der Waals surface area contributed by atoms with Crippen LogP contribution in [-0.4, -0.2) is 31.8 Å². The van der Waals surface area contributed by atoms with Gasteiger partial charge in [0.05, 0.1) is 17.4 Å². The number of fused-ring (bicyclic) bond motifs is 1. The molecule has 6 heteroatoms. The summed E-state index contributed by atoms with van der Waals surface area (Å²) < 4.78 is 3.73. The van der Waals surface area contributed by atoms with E-state index in [-0.39, 0.29) is 11.3 Å². The molecule has 0 aliphatic heterocycles. The number of carbonyl (C=O) groups excluding carboxylic acids is 1. The van der Waals surface area contributed by atoms with Crippen LogP contribution < -0.4 is 5.32 Å². The molecule has 3 aromatic rings. The largest absolute Gasteiger partial charge is 0.350 e. The Kier molecular flexibility index (Phi) is 3.40. The molecule has 1 N–H and O–H groups in total. The Morgan fingerprint density at radius 1 is 1.29 bits per heavy atom. The Balaban J connectivity index is 1.45. The van der Waals surface area contributed by atoms with E-state index in [4.69, 9.17) is 0 Å². The van der Waals surface area contributed by atoms with E-state index in [9.17, 15) is 4.79 Å². The van der Waals surface area contributed by atoms with Crippen LogP contribution in [-0.2, 0) is 6.54 Å². The predicted octanol–water partition coefficient (Wildman–Crippen LogP) is 2.36. The standard InChI is InChI=1S/C18H21N5O/c1-13-10-14(2)22(21-13)12-18(7-8-18)11-19-17(24)16-5-3-4-15-6-9-20-23(15)16/h3-6,9-10H,7-8,11-12H2,1-2H3,(H,19,24). The van der Waals surface area contributed by atoms with Crippen LogP contribution in [0.2, 0.25) is 0 Å². The van der Waals surface area contributed by atoms with Gasteiger partial charge in [0.15, 0.2) is 0 Å². The molecule has 1 aliphatic rings. The zero-order valence-corrected chi connectivity index (χ0v) is 14.0. The Labute approximate surface area is 140 Å². The minimum atomic E-state index is -0.0797. The van der Waals surface area contributed by atoms with Crippen LogP contribution in [0.4, 0.5) is 0 Å². The van der Waals surface area contributed by atoms with Gasteiger partial charge in [-0.25, -0.2) is 4.52 Å². The Hall–Kier alpha value is -2.63. The first-order valence-corrected chi connectivity index (χ1v) is 8.28. The van der Waals surface area contributed by atoms with Crippen LogP contribution in [0, 0.1) is 19.3 Å². The first-order valence-electron chi connectivity index (χ1n) is 8.28. The van der Waals surface area contributed by atoms with E-state index in [1.165, 1.54) is 5.69 Å². The van der Waals surface area contributed by atoms with Gasteiger partial charge in [0.2, 0.25) is 0 Å². The van der Waals surface area contributed by atoms with Crippen molar-refractivity contribution in [3.05, 3.63) is 53.6 Å². The molecule has 0 bridgehead atoms. The van der Waals surface area contributed by atoms with Crippen molar-refractivity contribution in [2.45, 2.75) is 33.2 Å². The van der Waals surface area contributed by atoms with Crippen LogP contribution in [0.5, 0.6) is 0 Å². The molecule has 4 rings (SSSR count). The van der Waals surface area contributed by atoms with Crippen molar-refractivity contribution in [3.8, 4) is 0 Å². The van der Waals surface area contributed by atoms with Gasteiger partial charge in [-0.05, 0) is 51.0 Å². The van der Waals surface area contributed by atoms with Crippen molar-refractivity contribution in [2.24, 2.45) is 5.41 Å². The highest BCUT2D eigenvalue weighted by atomic mass is 16.2. The molecule has 1 fully saturated rings. The fourth-order valence-corrected chi connectivity index (χ4v) is 3.20. The normalized spacial score (nSPS) is 15.6. The minimum Gasteiger partial charge on any atom is -0.350 e. The molecule has 1 amide bonds. The zero-order valence-electron chi connectivity index (χ0n) is 14.0. The molecule has 124 valence electrons. The van der Waals surface area contributed by atoms with Crippen LogP contribution in [0.15, 0.2) is 36.5 Å². The molecular weight excluding hydrogens is 302 g/mol. The number of amides is 1. The Morgan fingerprint density at radius 2 is 2.12 bits per heavy atom. The molecule has 0 radical (unpaired) electrons. The summed E-state index contributed by atoms with van der Waals surface area (Å²) in [6.07, 6.45) is 3.95. The van der Waals surface area contributed by atoms with Gasteiger partial charge < -0.3 is 5.32 Å². The van der Waals surface area contributed by atoms with Crippen molar-refractivity contribution in [1.82, 2.24) is 24.7 Å². The number of nitrogens with one attached hydrogen (secondary N) is 1. The fourth-order valence-electron chi connectivity index (χ4n) is 3.20. The maximum absolute atomic E-state index is 12.6. The molecule has 6 nitrogen and oxygen atoms in total. The van der Waals surface area contributed by atoms with Crippen LogP contribution >= 0.6 is 0 Å². The molecule has 0 spiro atoms. The number of nitrogens with zero attached hydrogens (tertiary/aromatic N) is 4. The van der Waals surface area contributed by atoms with E-state index in [0.29, 0.717) is 12.2 Å². The second-order valence-corrected chi connectivity index (χ2v) is 6.85. The summed E-state index contributed by atoms with van der Waals surface area (Å²) in [5.74, 6) is -0.0797. The number of hydrogen-bond acceptors (Lipinski definition) is 3. The van der Waals surface area contributed by atoms with Crippen molar-refractivity contribution >= 4 is 11.4 Å². The average Bonchev–Trinajstić information content (AvgIpc) is 3.01. The lowest BCUT2D eigenvalue weighted by Gasteiger charge is -2.17. The SMILES string of the molecule is Cc1cc(C)n(CC2(CNC(=O)c3cccc4ccnn34)CC2)n1. The summed E-state index contributed by atoms with van der Waals surface area (Å²) in [6, 6.07) is 9.61. The van der Waals surface area contributed by atoms with Gasteiger partial charge in [-0.2, -0.15) is 10.2 Å². The zero-order chi connectivity index (χ0) is 16.7. The predicted molar refractivity (Wildman–Crippen MR) is 90.9 cm³/mol. The molecule has 1 aliphatic carbocycles. The number of aromatic nitrogens is 4. The number of aryl methyl sites for hydroxylation is 2. The van der Waals surface area contributed by atoms with Crippen molar-refractivity contribution in [1.29, 1.82) is 0 Å². The van der Waals surface area contributed by atoms with Gasteiger partial charge in [0.25, 0.3) is 5.91 Å². The summed E-state index contributed by atoms with van der Waals surface area (Å²) in [4.78, 5) is 12.6. The minimum absolute atomic E-state index is 0.0797. The topological polar surface area (TPSA) is 64.2 Å². The maximum atomic E-state index is 12.6. The lowest BCUT2D eigenvalue weighted by Crippen LogP contribution is -2.33. The van der Waals surface area contributed by atoms with Gasteiger partial charge in [-0.3, -0.25) is 9.48 Å². The third-order valence-corrected chi connectivity index (χ3v) is 4.82. The quantitative estimate of drug-likeness (QED) is 0.784. The summed E-state index contributed by atoms with van der Waals surface area (Å²) >= 11 is 0. The highest BCUT2D eigenvalue weighted by Crippen LogP contribution is 2.46. The van der Waals surface area contributed by atoms with Gasteiger partial charge >= 0.3 is 0 Å². The molecule has 0 saturated heterocycles. The summed E-state index contributed by atoms with van der Waals surface area (Å²) in [5.41, 5.74) is 3.84. The number of rotatable bonds is 5. The van der Waals surface area contributed by atoms with E-state index in [1.54, 1.807) is 16.8 Å². The second-order valence-electron chi connectivity index (χ2n) is 6.85. The monoisotopic (exact) mass is 323 g/mol. The summed E-state index contributed by atoms with van der Waals surface area (Å²) in [5, 5.41) is 11.9.